The largest absolute Gasteiger partial charge is 0.376 e. The Morgan fingerprint density at radius 1 is 1.30 bits per heavy atom. The number of benzene rings is 1. The highest BCUT2D eigenvalue weighted by atomic mass is 19.1. The molecule has 0 saturated carbocycles. The Morgan fingerprint density at radius 2 is 2.07 bits per heavy atom. The molecule has 156 valence electrons. The van der Waals surface area contributed by atoms with E-state index in [0.717, 1.165) is 34.2 Å². The molecule has 0 aliphatic carbocycles. The lowest BCUT2D eigenvalue weighted by molar-refractivity contribution is 0.0822. The third-order valence-electron chi connectivity index (χ3n) is 4.59. The Bertz CT molecular complexity index is 1190. The topological polar surface area (TPSA) is 134 Å². The van der Waals surface area contributed by atoms with Crippen LogP contribution in [0, 0.1) is 5.82 Å². The molecule has 3 heterocycles. The Labute approximate surface area is 168 Å². The predicted octanol–water partition coefficient (Wildman–Crippen LogP) is 0.0291. The van der Waals surface area contributed by atoms with Crippen LogP contribution in [-0.2, 0) is 11.8 Å². The number of halogens is 1. The number of carbonyl (C=O) groups is 1. The number of rotatable bonds is 5. The monoisotopic (exact) mass is 416 g/mol. The molecule has 0 bridgehead atoms. The van der Waals surface area contributed by atoms with Gasteiger partial charge in [0, 0.05) is 20.2 Å². The lowest BCUT2D eigenvalue weighted by Gasteiger charge is -2.08. The van der Waals surface area contributed by atoms with Crippen LogP contribution in [-0.4, -0.2) is 49.7 Å². The van der Waals surface area contributed by atoms with Gasteiger partial charge in [-0.25, -0.2) is 9.18 Å². The summed E-state index contributed by atoms with van der Waals surface area (Å²) in [5, 5.41) is 10.3. The average Bonchev–Trinajstić information content (AvgIpc) is 3.44. The molecule has 12 heteroatoms. The molecular formula is C18H17FN6O5. The molecule has 4 rings (SSSR count). The zero-order valence-electron chi connectivity index (χ0n) is 15.9. The summed E-state index contributed by atoms with van der Waals surface area (Å²) >= 11 is 0. The van der Waals surface area contributed by atoms with Crippen molar-refractivity contribution in [1.82, 2.24) is 29.8 Å². The molecule has 0 unspecified atom stereocenters. The van der Waals surface area contributed by atoms with E-state index in [1.165, 1.54) is 19.2 Å². The van der Waals surface area contributed by atoms with Crippen LogP contribution in [0.4, 0.5) is 4.39 Å². The fraction of sp³-hybridized carbons (Fsp3) is 0.333. The number of hydrogen-bond donors (Lipinski definition) is 1. The van der Waals surface area contributed by atoms with Crippen molar-refractivity contribution in [2.24, 2.45) is 7.05 Å². The first-order chi connectivity index (χ1) is 14.4. The lowest BCUT2D eigenvalue weighted by Crippen LogP contribution is -2.40. The number of hydrogen-bond acceptors (Lipinski definition) is 8. The molecule has 3 aromatic rings. The summed E-state index contributed by atoms with van der Waals surface area (Å²) in [5.74, 6) is -1.72. The number of amides is 1. The maximum Gasteiger partial charge on any atom is 0.351 e. The fourth-order valence-electron chi connectivity index (χ4n) is 2.96. The van der Waals surface area contributed by atoms with E-state index >= 15 is 0 Å². The van der Waals surface area contributed by atoms with E-state index in [1.807, 2.05) is 0 Å². The van der Waals surface area contributed by atoms with E-state index in [0.29, 0.717) is 13.2 Å². The molecule has 0 spiro atoms. The van der Waals surface area contributed by atoms with Gasteiger partial charge in [0.15, 0.2) is 5.69 Å². The summed E-state index contributed by atoms with van der Waals surface area (Å²) in [6.07, 6.45) is 1.72. The first-order valence-electron chi connectivity index (χ1n) is 9.14. The van der Waals surface area contributed by atoms with Crippen LogP contribution in [0.1, 0.15) is 23.5 Å². The zero-order chi connectivity index (χ0) is 21.3. The van der Waals surface area contributed by atoms with Crippen LogP contribution < -0.4 is 16.6 Å². The molecule has 2 aromatic heterocycles. The second-order valence-corrected chi connectivity index (χ2v) is 6.65. The summed E-state index contributed by atoms with van der Waals surface area (Å²) in [6.45, 7) is 0.954. The Kier molecular flexibility index (Phi) is 5.23. The van der Waals surface area contributed by atoms with Crippen molar-refractivity contribution in [1.29, 1.82) is 0 Å². The molecule has 1 fully saturated rings. The van der Waals surface area contributed by atoms with Gasteiger partial charge in [0.25, 0.3) is 5.56 Å². The average molecular weight is 416 g/mol. The third kappa shape index (κ3) is 3.76. The molecule has 1 aromatic carbocycles. The Morgan fingerprint density at radius 3 is 2.77 bits per heavy atom. The van der Waals surface area contributed by atoms with Crippen molar-refractivity contribution >= 4 is 5.91 Å². The van der Waals surface area contributed by atoms with Gasteiger partial charge in [0.05, 0.1) is 11.8 Å². The second kappa shape index (κ2) is 7.99. The third-order valence-corrected chi connectivity index (χ3v) is 4.59. The summed E-state index contributed by atoms with van der Waals surface area (Å²) in [4.78, 5) is 41.0. The minimum absolute atomic E-state index is 0.0652. The standard InChI is InChI=1S/C18H17FN6O5/c1-24-17(27)13(22-25(18(24)28)11-6-4-10(19)5-7-11)14-21-16(30-23-14)15(26)20-9-12-3-2-8-29-12/h4-7,12H,2-3,8-9H2,1H3,(H,20,26)/t12-/m0/s1. The summed E-state index contributed by atoms with van der Waals surface area (Å²) in [7, 11) is 1.26. The number of nitrogens with one attached hydrogen (secondary N) is 1. The first kappa shape index (κ1) is 19.6. The van der Waals surface area contributed by atoms with Gasteiger partial charge in [-0.15, -0.1) is 0 Å². The van der Waals surface area contributed by atoms with Gasteiger partial charge in [-0.2, -0.15) is 14.8 Å². The highest BCUT2D eigenvalue weighted by Crippen LogP contribution is 2.12. The maximum atomic E-state index is 13.2. The molecule has 30 heavy (non-hydrogen) atoms. The molecule has 1 aliphatic rings. The summed E-state index contributed by atoms with van der Waals surface area (Å²) < 4.78 is 25.3. The molecular weight excluding hydrogens is 399 g/mol. The zero-order valence-corrected chi connectivity index (χ0v) is 15.9. The van der Waals surface area contributed by atoms with Gasteiger partial charge >= 0.3 is 17.5 Å². The Hall–Kier alpha value is -3.67. The van der Waals surface area contributed by atoms with E-state index in [2.05, 4.69) is 20.6 Å². The minimum atomic E-state index is -0.773. The highest BCUT2D eigenvalue weighted by Gasteiger charge is 2.23. The van der Waals surface area contributed by atoms with E-state index in [-0.39, 0.29) is 29.2 Å². The van der Waals surface area contributed by atoms with Crippen molar-refractivity contribution in [3.05, 3.63) is 56.8 Å². The number of ether oxygens (including phenoxy) is 1. The molecule has 1 atom stereocenters. The molecule has 1 aliphatic heterocycles. The van der Waals surface area contributed by atoms with E-state index in [4.69, 9.17) is 9.26 Å². The summed E-state index contributed by atoms with van der Waals surface area (Å²) in [6, 6.07) is 4.97. The minimum Gasteiger partial charge on any atom is -0.376 e. The normalized spacial score (nSPS) is 16.0. The van der Waals surface area contributed by atoms with Gasteiger partial charge in [0.1, 0.15) is 5.82 Å². The smallest absolute Gasteiger partial charge is 0.351 e. The number of aromatic nitrogens is 5. The van der Waals surface area contributed by atoms with Crippen molar-refractivity contribution in [3.8, 4) is 17.2 Å². The van der Waals surface area contributed by atoms with Gasteiger partial charge < -0.3 is 14.6 Å². The van der Waals surface area contributed by atoms with Gasteiger partial charge in [-0.05, 0) is 37.1 Å². The van der Waals surface area contributed by atoms with Crippen molar-refractivity contribution in [3.63, 3.8) is 0 Å². The second-order valence-electron chi connectivity index (χ2n) is 6.65. The van der Waals surface area contributed by atoms with Crippen LogP contribution in [0.15, 0.2) is 38.4 Å². The van der Waals surface area contributed by atoms with E-state index < -0.39 is 23.0 Å². The van der Waals surface area contributed by atoms with Crippen molar-refractivity contribution in [2.45, 2.75) is 18.9 Å². The molecule has 11 nitrogen and oxygen atoms in total. The maximum absolute atomic E-state index is 13.2. The SMILES string of the molecule is Cn1c(=O)c(-c2noc(C(=O)NC[C@@H]3CCCO3)n2)nn(-c2ccc(F)cc2)c1=O. The quantitative estimate of drug-likeness (QED) is 0.616. The van der Waals surface area contributed by atoms with Crippen molar-refractivity contribution in [2.75, 3.05) is 13.2 Å². The van der Waals surface area contributed by atoms with Crippen LogP contribution >= 0.6 is 0 Å². The first-order valence-corrected chi connectivity index (χ1v) is 9.14. The molecule has 1 saturated heterocycles. The van der Waals surface area contributed by atoms with Gasteiger partial charge in [-0.1, -0.05) is 5.16 Å². The summed E-state index contributed by atoms with van der Waals surface area (Å²) in [5.41, 5.74) is -1.58. The number of nitrogens with zero attached hydrogens (tertiary/aromatic N) is 5. The number of carbonyl (C=O) groups excluding carboxylic acids is 1. The van der Waals surface area contributed by atoms with E-state index in [1.54, 1.807) is 0 Å². The predicted molar refractivity (Wildman–Crippen MR) is 99.6 cm³/mol. The lowest BCUT2D eigenvalue weighted by atomic mass is 10.2. The van der Waals surface area contributed by atoms with Crippen LogP contribution in [0.2, 0.25) is 0 Å². The van der Waals surface area contributed by atoms with Crippen molar-refractivity contribution < 1.29 is 18.4 Å². The Balaban J connectivity index is 1.64. The van der Waals surface area contributed by atoms with E-state index in [9.17, 15) is 18.8 Å². The highest BCUT2D eigenvalue weighted by molar-refractivity contribution is 5.89. The molecule has 0 radical (unpaired) electrons. The molecule has 1 amide bonds. The fourth-order valence-corrected chi connectivity index (χ4v) is 2.96. The molecule has 1 N–H and O–H groups in total. The van der Waals surface area contributed by atoms with Gasteiger partial charge in [0.2, 0.25) is 5.82 Å². The van der Waals surface area contributed by atoms with Crippen LogP contribution in [0.3, 0.4) is 0 Å². The van der Waals surface area contributed by atoms with Crippen LogP contribution in [0.25, 0.3) is 17.2 Å². The van der Waals surface area contributed by atoms with Gasteiger partial charge in [-0.3, -0.25) is 14.2 Å². The van der Waals surface area contributed by atoms with Crippen LogP contribution in [0.5, 0.6) is 0 Å².